The quantitative estimate of drug-likeness (QED) is 0.877. The number of nitrogens with zero attached hydrogens (tertiary/aromatic N) is 2. The standard InChI is InChI=1S/C16H21N3O/c1-13-12-18-10-8-14(13)19(11-5-9-17)15-6-3-4-7-16(15)20-2/h3-4,6-8,10,12H,5,9,11,17H2,1-2H3. The SMILES string of the molecule is COc1ccccc1N(CCCN)c1ccncc1C. The van der Waals surface area contributed by atoms with Crippen LogP contribution < -0.4 is 15.4 Å². The van der Waals surface area contributed by atoms with Crippen LogP contribution in [0.2, 0.25) is 0 Å². The Kier molecular flexibility index (Phi) is 4.96. The lowest BCUT2D eigenvalue weighted by Gasteiger charge is -2.27. The van der Waals surface area contributed by atoms with Crippen molar-refractivity contribution in [3.8, 4) is 5.75 Å². The van der Waals surface area contributed by atoms with Crippen molar-refractivity contribution < 1.29 is 4.74 Å². The summed E-state index contributed by atoms with van der Waals surface area (Å²) in [6.45, 7) is 3.57. The molecule has 20 heavy (non-hydrogen) atoms. The molecule has 0 bridgehead atoms. The zero-order valence-corrected chi connectivity index (χ0v) is 12.0. The van der Waals surface area contributed by atoms with E-state index < -0.39 is 0 Å². The summed E-state index contributed by atoms with van der Waals surface area (Å²) in [7, 11) is 1.69. The maximum absolute atomic E-state index is 5.67. The molecular formula is C16H21N3O. The largest absolute Gasteiger partial charge is 0.495 e. The smallest absolute Gasteiger partial charge is 0.142 e. The van der Waals surface area contributed by atoms with Crippen molar-refractivity contribution in [2.45, 2.75) is 13.3 Å². The van der Waals surface area contributed by atoms with Crippen LogP contribution in [-0.4, -0.2) is 25.2 Å². The number of rotatable bonds is 6. The van der Waals surface area contributed by atoms with Gasteiger partial charge in [0.2, 0.25) is 0 Å². The van der Waals surface area contributed by atoms with Crippen molar-refractivity contribution in [3.05, 3.63) is 48.3 Å². The molecule has 4 heteroatoms. The van der Waals surface area contributed by atoms with Gasteiger partial charge in [0.15, 0.2) is 0 Å². The zero-order chi connectivity index (χ0) is 14.4. The van der Waals surface area contributed by atoms with Crippen LogP contribution in [0.15, 0.2) is 42.7 Å². The molecular weight excluding hydrogens is 250 g/mol. The second-order valence-corrected chi connectivity index (χ2v) is 4.63. The van der Waals surface area contributed by atoms with Gasteiger partial charge in [-0.3, -0.25) is 4.98 Å². The lowest BCUT2D eigenvalue weighted by atomic mass is 10.1. The molecule has 0 saturated carbocycles. The van der Waals surface area contributed by atoms with Gasteiger partial charge in [-0.15, -0.1) is 0 Å². The lowest BCUT2D eigenvalue weighted by Crippen LogP contribution is -2.22. The van der Waals surface area contributed by atoms with Gasteiger partial charge in [0.1, 0.15) is 5.75 Å². The summed E-state index contributed by atoms with van der Waals surface area (Å²) in [5, 5.41) is 0. The predicted octanol–water partition coefficient (Wildman–Crippen LogP) is 2.89. The highest BCUT2D eigenvalue weighted by atomic mass is 16.5. The fourth-order valence-electron chi connectivity index (χ4n) is 2.24. The van der Waals surface area contributed by atoms with E-state index in [9.17, 15) is 0 Å². The first-order valence-corrected chi connectivity index (χ1v) is 6.79. The molecule has 0 atom stereocenters. The summed E-state index contributed by atoms with van der Waals surface area (Å²) in [5.41, 5.74) is 9.00. The van der Waals surface area contributed by atoms with Crippen LogP contribution in [0.1, 0.15) is 12.0 Å². The van der Waals surface area contributed by atoms with E-state index in [0.717, 1.165) is 35.7 Å². The highest BCUT2D eigenvalue weighted by molar-refractivity contribution is 5.70. The summed E-state index contributed by atoms with van der Waals surface area (Å²) in [5.74, 6) is 0.862. The Hall–Kier alpha value is -2.07. The average Bonchev–Trinajstić information content (AvgIpc) is 2.49. The Balaban J connectivity index is 2.44. The molecule has 0 aliphatic heterocycles. The third kappa shape index (κ3) is 3.08. The van der Waals surface area contributed by atoms with Gasteiger partial charge in [0, 0.05) is 24.6 Å². The van der Waals surface area contributed by atoms with Crippen LogP contribution >= 0.6 is 0 Å². The van der Waals surface area contributed by atoms with Crippen molar-refractivity contribution in [1.29, 1.82) is 0 Å². The number of nitrogens with two attached hydrogens (primary N) is 1. The van der Waals surface area contributed by atoms with Crippen LogP contribution in [0.4, 0.5) is 11.4 Å². The van der Waals surface area contributed by atoms with E-state index in [1.807, 2.05) is 36.7 Å². The number of methoxy groups -OCH3 is 1. The molecule has 0 fully saturated rings. The third-order valence-electron chi connectivity index (χ3n) is 3.24. The van der Waals surface area contributed by atoms with E-state index in [2.05, 4.69) is 22.9 Å². The topological polar surface area (TPSA) is 51.4 Å². The number of benzene rings is 1. The number of hydrogen-bond donors (Lipinski definition) is 1. The van der Waals surface area contributed by atoms with E-state index >= 15 is 0 Å². The van der Waals surface area contributed by atoms with Crippen LogP contribution in [0.3, 0.4) is 0 Å². The van der Waals surface area contributed by atoms with E-state index in [1.165, 1.54) is 0 Å². The maximum Gasteiger partial charge on any atom is 0.142 e. The van der Waals surface area contributed by atoms with Gasteiger partial charge < -0.3 is 15.4 Å². The highest BCUT2D eigenvalue weighted by Crippen LogP contribution is 2.34. The highest BCUT2D eigenvalue weighted by Gasteiger charge is 2.15. The van der Waals surface area contributed by atoms with Gasteiger partial charge in [-0.05, 0) is 43.7 Å². The molecule has 1 aromatic heterocycles. The van der Waals surface area contributed by atoms with E-state index in [0.29, 0.717) is 6.54 Å². The number of para-hydroxylation sites is 2. The molecule has 2 N–H and O–H groups in total. The Bertz CT molecular complexity index is 557. The van der Waals surface area contributed by atoms with Gasteiger partial charge in [0.05, 0.1) is 12.8 Å². The summed E-state index contributed by atoms with van der Waals surface area (Å²) >= 11 is 0. The Morgan fingerprint density at radius 1 is 1.20 bits per heavy atom. The number of aryl methyl sites for hydroxylation is 1. The Morgan fingerprint density at radius 3 is 2.70 bits per heavy atom. The second-order valence-electron chi connectivity index (χ2n) is 4.63. The van der Waals surface area contributed by atoms with Gasteiger partial charge in [-0.2, -0.15) is 0 Å². The molecule has 0 saturated heterocycles. The molecule has 1 aromatic carbocycles. The first-order chi connectivity index (χ1) is 9.77. The van der Waals surface area contributed by atoms with Gasteiger partial charge in [-0.1, -0.05) is 12.1 Å². The minimum absolute atomic E-state index is 0.662. The van der Waals surface area contributed by atoms with E-state index in [-0.39, 0.29) is 0 Å². The number of pyridine rings is 1. The molecule has 0 unspecified atom stereocenters. The van der Waals surface area contributed by atoms with Crippen LogP contribution in [0.25, 0.3) is 0 Å². The third-order valence-corrected chi connectivity index (χ3v) is 3.24. The fourth-order valence-corrected chi connectivity index (χ4v) is 2.24. The van der Waals surface area contributed by atoms with Crippen molar-refractivity contribution in [2.75, 3.05) is 25.1 Å². The molecule has 2 rings (SSSR count). The van der Waals surface area contributed by atoms with Gasteiger partial charge >= 0.3 is 0 Å². The van der Waals surface area contributed by atoms with Crippen molar-refractivity contribution >= 4 is 11.4 Å². The van der Waals surface area contributed by atoms with Crippen molar-refractivity contribution in [3.63, 3.8) is 0 Å². The zero-order valence-electron chi connectivity index (χ0n) is 12.0. The normalized spacial score (nSPS) is 10.3. The summed E-state index contributed by atoms with van der Waals surface area (Å²) in [4.78, 5) is 6.40. The molecule has 0 spiro atoms. The first kappa shape index (κ1) is 14.3. The molecule has 4 nitrogen and oxygen atoms in total. The molecule has 0 aliphatic carbocycles. The Morgan fingerprint density at radius 2 is 2.00 bits per heavy atom. The van der Waals surface area contributed by atoms with Crippen molar-refractivity contribution in [2.24, 2.45) is 5.73 Å². The fraction of sp³-hybridized carbons (Fsp3) is 0.312. The molecule has 1 heterocycles. The summed E-state index contributed by atoms with van der Waals surface area (Å²) in [6, 6.07) is 10.1. The average molecular weight is 271 g/mol. The second kappa shape index (κ2) is 6.91. The number of hydrogen-bond acceptors (Lipinski definition) is 4. The van der Waals surface area contributed by atoms with Gasteiger partial charge in [-0.25, -0.2) is 0 Å². The lowest BCUT2D eigenvalue weighted by molar-refractivity contribution is 0.415. The molecule has 0 radical (unpaired) electrons. The summed E-state index contributed by atoms with van der Waals surface area (Å²) in [6.07, 6.45) is 4.60. The maximum atomic E-state index is 5.67. The van der Waals surface area contributed by atoms with Crippen molar-refractivity contribution in [1.82, 2.24) is 4.98 Å². The number of anilines is 2. The van der Waals surface area contributed by atoms with Crippen LogP contribution in [0, 0.1) is 6.92 Å². The Labute approximate surface area is 120 Å². The van der Waals surface area contributed by atoms with Crippen LogP contribution in [0.5, 0.6) is 5.75 Å². The molecule has 2 aromatic rings. The monoisotopic (exact) mass is 271 g/mol. The molecule has 0 aliphatic rings. The first-order valence-electron chi connectivity index (χ1n) is 6.79. The predicted molar refractivity (Wildman–Crippen MR) is 82.6 cm³/mol. The minimum atomic E-state index is 0.662. The van der Waals surface area contributed by atoms with Crippen LogP contribution in [-0.2, 0) is 0 Å². The van der Waals surface area contributed by atoms with E-state index in [4.69, 9.17) is 10.5 Å². The minimum Gasteiger partial charge on any atom is -0.495 e. The molecule has 106 valence electrons. The summed E-state index contributed by atoms with van der Waals surface area (Å²) < 4.78 is 5.48. The van der Waals surface area contributed by atoms with E-state index in [1.54, 1.807) is 7.11 Å². The number of aromatic nitrogens is 1. The number of ether oxygens (including phenoxy) is 1. The molecule has 0 amide bonds. The van der Waals surface area contributed by atoms with Gasteiger partial charge in [0.25, 0.3) is 0 Å².